The molecule has 0 amide bonds. The van der Waals surface area contributed by atoms with Crippen LogP contribution in [0.25, 0.3) is 11.0 Å². The number of benzene rings is 1. The van der Waals surface area contributed by atoms with Gasteiger partial charge in [0.05, 0.1) is 5.52 Å². The predicted octanol–water partition coefficient (Wildman–Crippen LogP) is -2.31. The van der Waals surface area contributed by atoms with Crippen LogP contribution in [0.1, 0.15) is 10.6 Å². The smallest absolute Gasteiger partial charge is 0.542 e. The minimum absolute atomic E-state index is 0. The van der Waals surface area contributed by atoms with Gasteiger partial charge in [0.15, 0.2) is 5.82 Å². The predicted molar refractivity (Wildman–Crippen MR) is 48.1 cm³/mol. The minimum Gasteiger partial charge on any atom is -0.542 e. The van der Waals surface area contributed by atoms with Gasteiger partial charge in [0.25, 0.3) is 0 Å². The largest absolute Gasteiger partial charge is 1.00 e. The first kappa shape index (κ1) is 11.7. The standard InChI is InChI=1S/C8H5BrN2O2.Na/c9-4-2-1-3-5-6(4)11-7(10-5)8(12)13;/h1-3H,(H,10,11)(H,12,13);/q;+1/p-1. The molecule has 0 unspecified atom stereocenters. The molecule has 4 nitrogen and oxygen atoms in total. The first-order valence-electron chi connectivity index (χ1n) is 3.54. The summed E-state index contributed by atoms with van der Waals surface area (Å²) in [6.07, 6.45) is 0. The fourth-order valence-electron chi connectivity index (χ4n) is 1.09. The molecular formula is C8H4BrN2NaO2. The van der Waals surface area contributed by atoms with Crippen molar-refractivity contribution in [3.05, 3.63) is 28.5 Å². The molecule has 0 fully saturated rings. The van der Waals surface area contributed by atoms with Crippen molar-refractivity contribution in [1.82, 2.24) is 9.97 Å². The zero-order valence-electron chi connectivity index (χ0n) is 7.37. The van der Waals surface area contributed by atoms with E-state index in [1.165, 1.54) is 0 Å². The molecule has 14 heavy (non-hydrogen) atoms. The first-order valence-corrected chi connectivity index (χ1v) is 4.33. The molecule has 1 aromatic heterocycles. The Morgan fingerprint density at radius 2 is 2.21 bits per heavy atom. The summed E-state index contributed by atoms with van der Waals surface area (Å²) in [5, 5.41) is 10.5. The van der Waals surface area contributed by atoms with Crippen LogP contribution >= 0.6 is 15.9 Å². The average Bonchev–Trinajstić information content (AvgIpc) is 2.49. The Morgan fingerprint density at radius 3 is 2.79 bits per heavy atom. The van der Waals surface area contributed by atoms with E-state index >= 15 is 0 Å². The van der Waals surface area contributed by atoms with Crippen LogP contribution in [0.15, 0.2) is 22.7 Å². The number of aromatic carboxylic acids is 1. The summed E-state index contributed by atoms with van der Waals surface area (Å²) in [6.45, 7) is 0. The Balaban J connectivity index is 0.000000980. The van der Waals surface area contributed by atoms with E-state index < -0.39 is 5.97 Å². The third-order valence-electron chi connectivity index (χ3n) is 1.66. The summed E-state index contributed by atoms with van der Waals surface area (Å²) in [4.78, 5) is 16.9. The van der Waals surface area contributed by atoms with E-state index in [-0.39, 0.29) is 35.4 Å². The number of carbonyl (C=O) groups is 1. The van der Waals surface area contributed by atoms with Gasteiger partial charge in [-0.15, -0.1) is 0 Å². The Kier molecular flexibility index (Phi) is 3.71. The Hall–Kier alpha value is -0.360. The van der Waals surface area contributed by atoms with Crippen LogP contribution in [0.3, 0.4) is 0 Å². The second-order valence-corrected chi connectivity index (χ2v) is 3.36. The zero-order valence-corrected chi connectivity index (χ0v) is 11.0. The number of hydrogen-bond donors (Lipinski definition) is 1. The quantitative estimate of drug-likeness (QED) is 0.588. The Labute approximate surface area is 110 Å². The second kappa shape index (κ2) is 4.44. The molecule has 0 spiro atoms. The number of carboxylic acids is 1. The number of halogens is 1. The van der Waals surface area contributed by atoms with Crippen LogP contribution in [0, 0.1) is 0 Å². The van der Waals surface area contributed by atoms with Gasteiger partial charge in [-0.1, -0.05) is 6.07 Å². The zero-order chi connectivity index (χ0) is 9.42. The van der Waals surface area contributed by atoms with Gasteiger partial charge in [-0.3, -0.25) is 0 Å². The second-order valence-electron chi connectivity index (χ2n) is 2.51. The normalized spacial score (nSPS) is 9.79. The van der Waals surface area contributed by atoms with E-state index in [1.807, 2.05) is 0 Å². The number of nitrogens with one attached hydrogen (secondary N) is 1. The minimum atomic E-state index is -1.30. The number of nitrogens with zero attached hydrogens (tertiary/aromatic N) is 1. The van der Waals surface area contributed by atoms with Crippen LogP contribution in [-0.2, 0) is 0 Å². The van der Waals surface area contributed by atoms with Crippen molar-refractivity contribution >= 4 is 32.9 Å². The number of carbonyl (C=O) groups excluding carboxylic acids is 1. The first-order chi connectivity index (χ1) is 6.18. The summed E-state index contributed by atoms with van der Waals surface area (Å²) in [6, 6.07) is 5.34. The number of aromatic nitrogens is 2. The molecule has 1 N–H and O–H groups in total. The van der Waals surface area contributed by atoms with Crippen LogP contribution < -0.4 is 34.7 Å². The molecule has 2 aromatic rings. The van der Waals surface area contributed by atoms with E-state index in [4.69, 9.17) is 0 Å². The van der Waals surface area contributed by atoms with Gasteiger partial charge in [0.2, 0.25) is 0 Å². The fraction of sp³-hybridized carbons (Fsp3) is 0. The Morgan fingerprint density at radius 1 is 1.50 bits per heavy atom. The number of carboxylic acid groups (broad SMARTS) is 1. The van der Waals surface area contributed by atoms with Gasteiger partial charge in [-0.05, 0) is 28.1 Å². The Bertz CT molecular complexity index is 483. The number of H-pyrrole nitrogens is 1. The van der Waals surface area contributed by atoms with Gasteiger partial charge in [-0.2, -0.15) is 0 Å². The van der Waals surface area contributed by atoms with Crippen molar-refractivity contribution in [2.45, 2.75) is 0 Å². The van der Waals surface area contributed by atoms with Crippen LogP contribution in [0.2, 0.25) is 0 Å². The number of para-hydroxylation sites is 1. The van der Waals surface area contributed by atoms with Gasteiger partial charge in [0.1, 0.15) is 11.5 Å². The molecule has 0 saturated carbocycles. The molecule has 0 aliphatic rings. The maximum atomic E-state index is 10.5. The molecule has 66 valence electrons. The molecule has 1 heterocycles. The van der Waals surface area contributed by atoms with Gasteiger partial charge in [-0.25, -0.2) is 4.98 Å². The average molecular weight is 263 g/mol. The number of imidazole rings is 1. The summed E-state index contributed by atoms with van der Waals surface area (Å²) in [5.74, 6) is -1.45. The number of fused-ring (bicyclic) bond motifs is 1. The summed E-state index contributed by atoms with van der Waals surface area (Å²) in [5.41, 5.74) is 1.27. The summed E-state index contributed by atoms with van der Waals surface area (Å²) in [7, 11) is 0. The van der Waals surface area contributed by atoms with Gasteiger partial charge in [0, 0.05) is 4.47 Å². The van der Waals surface area contributed by atoms with Crippen LogP contribution in [0.4, 0.5) is 0 Å². The van der Waals surface area contributed by atoms with Crippen LogP contribution in [-0.4, -0.2) is 15.9 Å². The molecular weight excluding hydrogens is 259 g/mol. The number of aromatic amines is 1. The van der Waals surface area contributed by atoms with Crippen molar-refractivity contribution in [2.24, 2.45) is 0 Å². The van der Waals surface area contributed by atoms with Crippen molar-refractivity contribution in [1.29, 1.82) is 0 Å². The van der Waals surface area contributed by atoms with Gasteiger partial charge < -0.3 is 14.9 Å². The van der Waals surface area contributed by atoms with E-state index in [9.17, 15) is 9.90 Å². The fourth-order valence-corrected chi connectivity index (χ4v) is 1.55. The molecule has 0 aliphatic heterocycles. The van der Waals surface area contributed by atoms with E-state index in [0.717, 1.165) is 4.47 Å². The SMILES string of the molecule is O=C([O-])c1nc2c(Br)cccc2[nH]1.[Na+]. The maximum Gasteiger partial charge on any atom is 1.00 e. The van der Waals surface area contributed by atoms with E-state index in [0.29, 0.717) is 11.0 Å². The monoisotopic (exact) mass is 262 g/mol. The van der Waals surface area contributed by atoms with Crippen molar-refractivity contribution in [3.8, 4) is 0 Å². The molecule has 0 radical (unpaired) electrons. The topological polar surface area (TPSA) is 68.8 Å². The molecule has 6 heteroatoms. The van der Waals surface area contributed by atoms with Gasteiger partial charge >= 0.3 is 29.6 Å². The summed E-state index contributed by atoms with van der Waals surface area (Å²) < 4.78 is 0.758. The van der Waals surface area contributed by atoms with E-state index in [1.54, 1.807) is 18.2 Å². The third kappa shape index (κ3) is 2.00. The summed E-state index contributed by atoms with van der Waals surface area (Å²) >= 11 is 3.26. The van der Waals surface area contributed by atoms with Crippen molar-refractivity contribution < 1.29 is 39.5 Å². The molecule has 0 bridgehead atoms. The third-order valence-corrected chi connectivity index (χ3v) is 2.30. The van der Waals surface area contributed by atoms with Crippen molar-refractivity contribution in [2.75, 3.05) is 0 Å². The molecule has 0 atom stereocenters. The molecule has 0 aliphatic carbocycles. The molecule has 0 saturated heterocycles. The van der Waals surface area contributed by atoms with Crippen molar-refractivity contribution in [3.63, 3.8) is 0 Å². The van der Waals surface area contributed by atoms with Crippen LogP contribution in [0.5, 0.6) is 0 Å². The molecule has 1 aromatic carbocycles. The number of rotatable bonds is 1. The van der Waals surface area contributed by atoms with E-state index in [2.05, 4.69) is 25.9 Å². The molecule has 2 rings (SSSR count). The maximum absolute atomic E-state index is 10.5. The number of hydrogen-bond acceptors (Lipinski definition) is 3.